The highest BCUT2D eigenvalue weighted by molar-refractivity contribution is 6.33. The molecule has 1 saturated heterocycles. The van der Waals surface area contributed by atoms with Crippen molar-refractivity contribution in [1.29, 1.82) is 0 Å². The first-order valence-corrected chi connectivity index (χ1v) is 7.05. The van der Waals surface area contributed by atoms with Crippen molar-refractivity contribution in [2.75, 3.05) is 18.9 Å². The molecule has 0 bridgehead atoms. The summed E-state index contributed by atoms with van der Waals surface area (Å²) in [6, 6.07) is 1.99. The molecule has 19 heavy (non-hydrogen) atoms. The van der Waals surface area contributed by atoms with Crippen molar-refractivity contribution in [3.8, 4) is 0 Å². The second kappa shape index (κ2) is 5.78. The third-order valence-electron chi connectivity index (χ3n) is 3.72. The van der Waals surface area contributed by atoms with Crippen molar-refractivity contribution in [3.05, 3.63) is 22.8 Å². The van der Waals surface area contributed by atoms with Crippen molar-refractivity contribution < 1.29 is 4.79 Å². The normalized spacial score (nSPS) is 23.3. The van der Waals surface area contributed by atoms with E-state index in [1.54, 1.807) is 13.1 Å². The summed E-state index contributed by atoms with van der Waals surface area (Å²) in [7, 11) is 1.77. The number of rotatable bonds is 2. The van der Waals surface area contributed by atoms with Gasteiger partial charge in [0.25, 0.3) is 5.91 Å². The second-order valence-corrected chi connectivity index (χ2v) is 5.70. The highest BCUT2D eigenvalue weighted by atomic mass is 35.5. The van der Waals surface area contributed by atoms with Gasteiger partial charge in [-0.3, -0.25) is 4.79 Å². The first-order valence-electron chi connectivity index (χ1n) is 6.67. The SMILES string of the molecule is CNc1cc(C(=O)N2CC(C)CCC2C)c(Cl)cn1. The summed E-state index contributed by atoms with van der Waals surface area (Å²) >= 11 is 6.11. The van der Waals surface area contributed by atoms with Crippen LogP contribution in [-0.2, 0) is 0 Å². The first kappa shape index (κ1) is 14.1. The maximum Gasteiger partial charge on any atom is 0.255 e. The number of halogens is 1. The monoisotopic (exact) mass is 281 g/mol. The van der Waals surface area contributed by atoms with Crippen LogP contribution in [0.25, 0.3) is 0 Å². The molecule has 5 heteroatoms. The summed E-state index contributed by atoms with van der Waals surface area (Å²) in [4.78, 5) is 18.7. The van der Waals surface area contributed by atoms with Crippen LogP contribution in [0.5, 0.6) is 0 Å². The fraction of sp³-hybridized carbons (Fsp3) is 0.571. The van der Waals surface area contributed by atoms with E-state index in [-0.39, 0.29) is 11.9 Å². The van der Waals surface area contributed by atoms with Gasteiger partial charge < -0.3 is 10.2 Å². The van der Waals surface area contributed by atoms with Crippen LogP contribution >= 0.6 is 11.6 Å². The summed E-state index contributed by atoms with van der Waals surface area (Å²) < 4.78 is 0. The Balaban J connectivity index is 2.27. The number of piperidine rings is 1. The number of hydrogen-bond acceptors (Lipinski definition) is 3. The summed E-state index contributed by atoms with van der Waals surface area (Å²) in [5.41, 5.74) is 0.530. The minimum atomic E-state index is 0.00273. The number of likely N-dealkylation sites (tertiary alicyclic amines) is 1. The number of carbonyl (C=O) groups is 1. The lowest BCUT2D eigenvalue weighted by Gasteiger charge is -2.37. The minimum Gasteiger partial charge on any atom is -0.373 e. The Hall–Kier alpha value is -1.29. The van der Waals surface area contributed by atoms with E-state index in [0.29, 0.717) is 22.3 Å². The van der Waals surface area contributed by atoms with Crippen molar-refractivity contribution in [2.45, 2.75) is 32.7 Å². The molecular formula is C14H20ClN3O. The van der Waals surface area contributed by atoms with Crippen molar-refractivity contribution in [1.82, 2.24) is 9.88 Å². The highest BCUT2D eigenvalue weighted by Gasteiger charge is 2.28. The summed E-state index contributed by atoms with van der Waals surface area (Å²) in [6.07, 6.45) is 3.75. The predicted molar refractivity (Wildman–Crippen MR) is 77.7 cm³/mol. The Kier molecular flexibility index (Phi) is 4.30. The molecule has 2 heterocycles. The zero-order valence-electron chi connectivity index (χ0n) is 11.6. The molecule has 1 N–H and O–H groups in total. The first-order chi connectivity index (χ1) is 9.02. The molecule has 1 amide bonds. The Morgan fingerprint density at radius 2 is 2.21 bits per heavy atom. The molecule has 104 valence electrons. The van der Waals surface area contributed by atoms with Crippen molar-refractivity contribution in [3.63, 3.8) is 0 Å². The highest BCUT2D eigenvalue weighted by Crippen LogP contribution is 2.26. The van der Waals surface area contributed by atoms with Crippen molar-refractivity contribution in [2.24, 2.45) is 5.92 Å². The molecule has 1 aliphatic rings. The fourth-order valence-electron chi connectivity index (χ4n) is 2.47. The van der Waals surface area contributed by atoms with Crippen LogP contribution in [0, 0.1) is 5.92 Å². The molecule has 0 saturated carbocycles. The number of amides is 1. The van der Waals surface area contributed by atoms with E-state index in [0.717, 1.165) is 13.0 Å². The Labute approximate surface area is 119 Å². The lowest BCUT2D eigenvalue weighted by Crippen LogP contribution is -2.45. The Morgan fingerprint density at radius 1 is 1.47 bits per heavy atom. The molecule has 2 atom stereocenters. The lowest BCUT2D eigenvalue weighted by molar-refractivity contribution is 0.0574. The van der Waals surface area contributed by atoms with E-state index in [2.05, 4.69) is 24.1 Å². The molecular weight excluding hydrogens is 262 g/mol. The van der Waals surface area contributed by atoms with Crippen LogP contribution in [0.1, 0.15) is 37.0 Å². The van der Waals surface area contributed by atoms with Crippen LogP contribution in [0.3, 0.4) is 0 Å². The van der Waals surface area contributed by atoms with Gasteiger partial charge in [0.15, 0.2) is 0 Å². The maximum absolute atomic E-state index is 12.6. The van der Waals surface area contributed by atoms with E-state index >= 15 is 0 Å². The average molecular weight is 282 g/mol. The van der Waals surface area contributed by atoms with E-state index in [1.807, 2.05) is 4.90 Å². The standard InChI is InChI=1S/C14H20ClN3O/c1-9-4-5-10(2)18(8-9)14(19)11-6-13(16-3)17-7-12(11)15/h6-7,9-10H,4-5,8H2,1-3H3,(H,16,17). The molecule has 0 spiro atoms. The molecule has 0 radical (unpaired) electrons. The summed E-state index contributed by atoms with van der Waals surface area (Å²) in [6.45, 7) is 5.07. The lowest BCUT2D eigenvalue weighted by atomic mass is 9.94. The van der Waals surface area contributed by atoms with Crippen LogP contribution in [0.4, 0.5) is 5.82 Å². The number of pyridine rings is 1. The van der Waals surface area contributed by atoms with Gasteiger partial charge in [-0.15, -0.1) is 0 Å². The topological polar surface area (TPSA) is 45.2 Å². The number of aromatic nitrogens is 1. The third-order valence-corrected chi connectivity index (χ3v) is 4.02. The van der Waals surface area contributed by atoms with Crippen molar-refractivity contribution >= 4 is 23.3 Å². The zero-order chi connectivity index (χ0) is 14.0. The largest absolute Gasteiger partial charge is 0.373 e. The molecule has 1 aromatic heterocycles. The predicted octanol–water partition coefficient (Wildman–Crippen LogP) is 3.04. The molecule has 2 unspecified atom stereocenters. The maximum atomic E-state index is 12.6. The summed E-state index contributed by atoms with van der Waals surface area (Å²) in [5, 5.41) is 3.34. The molecule has 4 nitrogen and oxygen atoms in total. The van der Waals surface area contributed by atoms with Gasteiger partial charge >= 0.3 is 0 Å². The number of nitrogens with one attached hydrogen (secondary N) is 1. The average Bonchev–Trinajstić information content (AvgIpc) is 2.41. The van der Waals surface area contributed by atoms with Crippen LogP contribution in [0.2, 0.25) is 5.02 Å². The molecule has 1 aliphatic heterocycles. The van der Waals surface area contributed by atoms with E-state index < -0.39 is 0 Å². The van der Waals surface area contributed by atoms with Gasteiger partial charge in [-0.1, -0.05) is 18.5 Å². The zero-order valence-corrected chi connectivity index (χ0v) is 12.4. The smallest absolute Gasteiger partial charge is 0.255 e. The molecule has 0 aliphatic carbocycles. The van der Waals surface area contributed by atoms with E-state index in [1.165, 1.54) is 12.6 Å². The quantitative estimate of drug-likeness (QED) is 0.906. The number of nitrogens with zero attached hydrogens (tertiary/aromatic N) is 2. The second-order valence-electron chi connectivity index (χ2n) is 5.29. The Bertz CT molecular complexity index is 478. The number of anilines is 1. The van der Waals surface area contributed by atoms with Gasteiger partial charge in [0.05, 0.1) is 10.6 Å². The van der Waals surface area contributed by atoms with E-state index in [4.69, 9.17) is 11.6 Å². The summed E-state index contributed by atoms with van der Waals surface area (Å²) in [5.74, 6) is 1.21. The minimum absolute atomic E-state index is 0.00273. The van der Waals surface area contributed by atoms with Crippen LogP contribution in [0.15, 0.2) is 12.3 Å². The van der Waals surface area contributed by atoms with Crippen LogP contribution < -0.4 is 5.32 Å². The number of hydrogen-bond donors (Lipinski definition) is 1. The van der Waals surface area contributed by atoms with Crippen LogP contribution in [-0.4, -0.2) is 35.4 Å². The number of carbonyl (C=O) groups excluding carboxylic acids is 1. The van der Waals surface area contributed by atoms with Gasteiger partial charge in [-0.2, -0.15) is 0 Å². The molecule has 1 fully saturated rings. The van der Waals surface area contributed by atoms with Gasteiger partial charge in [-0.25, -0.2) is 4.98 Å². The fourth-order valence-corrected chi connectivity index (χ4v) is 2.65. The van der Waals surface area contributed by atoms with E-state index in [9.17, 15) is 4.79 Å². The third kappa shape index (κ3) is 3.00. The van der Waals surface area contributed by atoms with Gasteiger partial charge in [0.2, 0.25) is 0 Å². The molecule has 2 rings (SSSR count). The molecule has 1 aromatic rings. The van der Waals surface area contributed by atoms with Gasteiger partial charge in [0.1, 0.15) is 5.82 Å². The van der Waals surface area contributed by atoms with Gasteiger partial charge in [0, 0.05) is 25.8 Å². The molecule has 0 aromatic carbocycles. The van der Waals surface area contributed by atoms with Gasteiger partial charge in [-0.05, 0) is 31.7 Å². The Morgan fingerprint density at radius 3 is 2.89 bits per heavy atom.